The summed E-state index contributed by atoms with van der Waals surface area (Å²) < 4.78 is 29.5. The molecular weight excluding hydrogens is 400 g/mol. The third-order valence-electron chi connectivity index (χ3n) is 4.67. The highest BCUT2D eigenvalue weighted by molar-refractivity contribution is 6.06. The minimum atomic E-state index is -0.930. The number of aldehydes is 1. The van der Waals surface area contributed by atoms with Gasteiger partial charge in [-0.15, -0.1) is 0 Å². The number of pyridine rings is 1. The number of hydrogen-bond acceptors (Lipinski definition) is 3. The van der Waals surface area contributed by atoms with Crippen molar-refractivity contribution in [1.82, 2.24) is 4.98 Å². The molecule has 0 spiro atoms. The zero-order valence-corrected chi connectivity index (χ0v) is 17.2. The van der Waals surface area contributed by atoms with Crippen LogP contribution in [0.3, 0.4) is 0 Å². The molecule has 0 saturated carbocycles. The molecule has 0 aliphatic heterocycles. The van der Waals surface area contributed by atoms with Crippen LogP contribution in [-0.4, -0.2) is 31.4 Å². The molecule has 1 aromatic heterocycles. The summed E-state index contributed by atoms with van der Waals surface area (Å²) in [5, 5.41) is 0. The third kappa shape index (κ3) is 4.59. The number of amides is 2. The first-order valence-corrected chi connectivity index (χ1v) is 9.30. The number of anilines is 2. The zero-order valence-electron chi connectivity index (χ0n) is 17.2. The summed E-state index contributed by atoms with van der Waals surface area (Å²) in [6.45, 7) is 1.74. The van der Waals surface area contributed by atoms with Gasteiger partial charge in [0.25, 0.3) is 0 Å². The maximum absolute atomic E-state index is 14.7. The van der Waals surface area contributed by atoms with Crippen molar-refractivity contribution in [2.45, 2.75) is 6.92 Å². The highest BCUT2D eigenvalue weighted by Crippen LogP contribution is 2.28. The lowest BCUT2D eigenvalue weighted by Gasteiger charge is -2.27. The maximum Gasteiger partial charge on any atom is 0.328 e. The quantitative estimate of drug-likeness (QED) is 0.462. The third-order valence-corrected chi connectivity index (χ3v) is 4.67. The highest BCUT2D eigenvalue weighted by atomic mass is 19.1. The number of carbonyl (C=O) groups is 2. The molecule has 0 atom stereocenters. The summed E-state index contributed by atoms with van der Waals surface area (Å²) in [7, 11) is 2.71. The van der Waals surface area contributed by atoms with Crippen LogP contribution in [0.2, 0.25) is 0 Å². The van der Waals surface area contributed by atoms with Crippen molar-refractivity contribution in [3.8, 4) is 11.8 Å². The van der Waals surface area contributed by atoms with E-state index in [-0.39, 0.29) is 5.56 Å². The summed E-state index contributed by atoms with van der Waals surface area (Å²) >= 11 is 0. The monoisotopic (exact) mass is 419 g/mol. The standard InChI is InChI=1S/C24H19F2N3O2/c1-16-6-4-8-19(15-30)22(16)28(2)24(31)29(3)23-20(25)12-18(13-21(23)26)10-9-17-7-5-11-27-14-17/h4-8,11-15H,1-3H3. The Morgan fingerprint density at radius 1 is 0.968 bits per heavy atom. The Bertz CT molecular complexity index is 1180. The molecule has 3 aromatic rings. The van der Waals surface area contributed by atoms with E-state index in [0.717, 1.165) is 17.0 Å². The Labute approximate surface area is 178 Å². The molecule has 0 N–H and O–H groups in total. The molecule has 0 saturated heterocycles. The molecule has 1 heterocycles. The number of halogens is 2. The van der Waals surface area contributed by atoms with E-state index in [1.54, 1.807) is 43.5 Å². The second-order valence-electron chi connectivity index (χ2n) is 6.81. The van der Waals surface area contributed by atoms with Crippen molar-refractivity contribution in [1.29, 1.82) is 0 Å². The van der Waals surface area contributed by atoms with E-state index in [1.807, 2.05) is 0 Å². The van der Waals surface area contributed by atoms with E-state index in [4.69, 9.17) is 0 Å². The van der Waals surface area contributed by atoms with Crippen molar-refractivity contribution >= 4 is 23.7 Å². The van der Waals surface area contributed by atoms with Crippen LogP contribution in [0.4, 0.5) is 25.0 Å². The van der Waals surface area contributed by atoms with Crippen LogP contribution in [0, 0.1) is 30.4 Å². The fourth-order valence-electron chi connectivity index (χ4n) is 3.19. The summed E-state index contributed by atoms with van der Waals surface area (Å²) in [6.07, 6.45) is 3.76. The number of aromatic nitrogens is 1. The van der Waals surface area contributed by atoms with E-state index in [2.05, 4.69) is 16.8 Å². The van der Waals surface area contributed by atoms with Gasteiger partial charge < -0.3 is 0 Å². The maximum atomic E-state index is 14.7. The number of rotatable bonds is 3. The van der Waals surface area contributed by atoms with E-state index in [1.165, 1.54) is 25.2 Å². The number of benzene rings is 2. The van der Waals surface area contributed by atoms with Crippen LogP contribution >= 0.6 is 0 Å². The minimum absolute atomic E-state index is 0.124. The van der Waals surface area contributed by atoms with Gasteiger partial charge in [-0.2, -0.15) is 0 Å². The predicted octanol–water partition coefficient (Wildman–Crippen LogP) is 4.57. The van der Waals surface area contributed by atoms with Crippen LogP contribution in [0.5, 0.6) is 0 Å². The Kier molecular flexibility index (Phi) is 6.41. The molecule has 3 rings (SSSR count). The first-order valence-electron chi connectivity index (χ1n) is 9.30. The van der Waals surface area contributed by atoms with Gasteiger partial charge in [-0.1, -0.05) is 24.0 Å². The molecule has 156 valence electrons. The van der Waals surface area contributed by atoms with E-state index < -0.39 is 23.4 Å². The number of nitrogens with zero attached hydrogens (tertiary/aromatic N) is 3. The molecular formula is C24H19F2N3O2. The fraction of sp³-hybridized carbons (Fsp3) is 0.125. The number of carbonyl (C=O) groups excluding carboxylic acids is 2. The second-order valence-corrected chi connectivity index (χ2v) is 6.81. The minimum Gasteiger partial charge on any atom is -0.298 e. The van der Waals surface area contributed by atoms with Gasteiger partial charge >= 0.3 is 6.03 Å². The molecule has 2 aromatic carbocycles. The number of aryl methyl sites for hydroxylation is 1. The van der Waals surface area contributed by atoms with E-state index in [9.17, 15) is 18.4 Å². The van der Waals surface area contributed by atoms with Gasteiger partial charge in [-0.3, -0.25) is 19.6 Å². The lowest BCUT2D eigenvalue weighted by Crippen LogP contribution is -2.40. The SMILES string of the molecule is Cc1cccc(C=O)c1N(C)C(=O)N(C)c1c(F)cc(C#Cc2cccnc2)cc1F. The molecule has 0 unspecified atom stereocenters. The summed E-state index contributed by atoms with van der Waals surface area (Å²) in [4.78, 5) is 30.3. The van der Waals surface area contributed by atoms with Gasteiger partial charge in [0.1, 0.15) is 5.69 Å². The second kappa shape index (κ2) is 9.18. The molecule has 7 heteroatoms. The molecule has 0 fully saturated rings. The van der Waals surface area contributed by atoms with Crippen molar-refractivity contribution in [2.24, 2.45) is 0 Å². The average Bonchev–Trinajstić information content (AvgIpc) is 2.76. The van der Waals surface area contributed by atoms with Gasteiger partial charge in [0.05, 0.1) is 5.69 Å². The average molecular weight is 419 g/mol. The van der Waals surface area contributed by atoms with Crippen LogP contribution in [0.25, 0.3) is 0 Å². The molecule has 0 bridgehead atoms. The highest BCUT2D eigenvalue weighted by Gasteiger charge is 2.25. The smallest absolute Gasteiger partial charge is 0.298 e. The van der Waals surface area contributed by atoms with Gasteiger partial charge in [0.2, 0.25) is 0 Å². The number of hydrogen-bond donors (Lipinski definition) is 0. The predicted molar refractivity (Wildman–Crippen MR) is 115 cm³/mol. The van der Waals surface area contributed by atoms with Crippen molar-refractivity contribution in [3.63, 3.8) is 0 Å². The number of urea groups is 1. The van der Waals surface area contributed by atoms with Gasteiger partial charge in [-0.05, 0) is 42.8 Å². The molecule has 0 aliphatic rings. The summed E-state index contributed by atoms with van der Waals surface area (Å²) in [5.74, 6) is 3.60. The fourth-order valence-corrected chi connectivity index (χ4v) is 3.19. The molecule has 31 heavy (non-hydrogen) atoms. The van der Waals surface area contributed by atoms with Gasteiger partial charge in [0, 0.05) is 43.2 Å². The lowest BCUT2D eigenvalue weighted by molar-refractivity contribution is 0.112. The Morgan fingerprint density at radius 3 is 2.23 bits per heavy atom. The first kappa shape index (κ1) is 21.7. The van der Waals surface area contributed by atoms with Crippen LogP contribution in [-0.2, 0) is 0 Å². The zero-order chi connectivity index (χ0) is 22.5. The summed E-state index contributed by atoms with van der Waals surface area (Å²) in [5.41, 5.74) is 1.56. The Hall–Kier alpha value is -4.05. The first-order chi connectivity index (χ1) is 14.8. The molecule has 0 radical (unpaired) electrons. The lowest BCUT2D eigenvalue weighted by atomic mass is 10.1. The van der Waals surface area contributed by atoms with Crippen LogP contribution in [0.1, 0.15) is 27.0 Å². The van der Waals surface area contributed by atoms with Crippen LogP contribution < -0.4 is 9.80 Å². The van der Waals surface area contributed by atoms with Crippen molar-refractivity contribution in [2.75, 3.05) is 23.9 Å². The van der Waals surface area contributed by atoms with Crippen LogP contribution in [0.15, 0.2) is 54.9 Å². The van der Waals surface area contributed by atoms with Crippen molar-refractivity contribution in [3.05, 3.63) is 88.7 Å². The van der Waals surface area contributed by atoms with E-state index >= 15 is 0 Å². The Morgan fingerprint density at radius 2 is 1.61 bits per heavy atom. The van der Waals surface area contributed by atoms with Gasteiger partial charge in [0.15, 0.2) is 17.9 Å². The number of para-hydroxylation sites is 1. The largest absolute Gasteiger partial charge is 0.328 e. The Balaban J connectivity index is 1.91. The van der Waals surface area contributed by atoms with E-state index in [0.29, 0.717) is 28.7 Å². The topological polar surface area (TPSA) is 53.5 Å². The van der Waals surface area contributed by atoms with Crippen molar-refractivity contribution < 1.29 is 18.4 Å². The molecule has 2 amide bonds. The molecule has 5 nitrogen and oxygen atoms in total. The summed E-state index contributed by atoms with van der Waals surface area (Å²) in [6, 6.07) is 9.85. The van der Waals surface area contributed by atoms with Gasteiger partial charge in [-0.25, -0.2) is 13.6 Å². The normalized spacial score (nSPS) is 10.1. The molecule has 0 aliphatic carbocycles.